The highest BCUT2D eigenvalue weighted by Crippen LogP contribution is 2.41. The van der Waals surface area contributed by atoms with Crippen molar-refractivity contribution in [2.75, 3.05) is 0 Å². The number of ketones is 1. The highest BCUT2D eigenvalue weighted by molar-refractivity contribution is 5.99. The summed E-state index contributed by atoms with van der Waals surface area (Å²) in [4.78, 5) is 11.4. The number of halogens is 6. The van der Waals surface area contributed by atoms with Crippen LogP contribution < -0.4 is 0 Å². The highest BCUT2D eigenvalue weighted by atomic mass is 19.4. The van der Waals surface area contributed by atoms with Crippen molar-refractivity contribution in [3.63, 3.8) is 0 Å². The number of hydrogen-bond acceptors (Lipinski definition) is 2. The Morgan fingerprint density at radius 2 is 1.56 bits per heavy atom. The van der Waals surface area contributed by atoms with E-state index >= 15 is 0 Å². The first-order chi connectivity index (χ1) is 7.94. The van der Waals surface area contributed by atoms with Gasteiger partial charge >= 0.3 is 12.4 Å². The summed E-state index contributed by atoms with van der Waals surface area (Å²) in [7, 11) is 0. The number of hydrogen-bond donors (Lipinski definition) is 0. The summed E-state index contributed by atoms with van der Waals surface area (Å²) in [5.41, 5.74) is -0.702. The number of Topliss-reactive ketones (excluding diaryl/α,β-unsaturated/α-hetero) is 1. The number of rotatable bonds is 2. The Balaban J connectivity index is 3.24. The minimum Gasteiger partial charge on any atom is -0.466 e. The molecule has 0 bridgehead atoms. The van der Waals surface area contributed by atoms with Crippen molar-refractivity contribution in [1.82, 2.24) is 0 Å². The molecule has 0 aliphatic carbocycles. The summed E-state index contributed by atoms with van der Waals surface area (Å²) >= 11 is 0. The van der Waals surface area contributed by atoms with E-state index in [-0.39, 0.29) is 11.5 Å². The average Bonchev–Trinajstić information content (AvgIpc) is 2.39. The van der Waals surface area contributed by atoms with Crippen LogP contribution in [0, 0.1) is 19.8 Å². The summed E-state index contributed by atoms with van der Waals surface area (Å²) in [6.07, 6.45) is -11.4. The van der Waals surface area contributed by atoms with Gasteiger partial charge in [0, 0.05) is 0 Å². The third kappa shape index (κ3) is 2.85. The van der Waals surface area contributed by atoms with Gasteiger partial charge in [0.25, 0.3) is 0 Å². The molecule has 0 aliphatic rings. The van der Waals surface area contributed by atoms with Gasteiger partial charge < -0.3 is 4.42 Å². The monoisotopic (exact) mass is 274 g/mol. The molecule has 0 saturated carbocycles. The molecule has 0 saturated heterocycles. The first-order valence-electron chi connectivity index (χ1n) is 4.69. The Morgan fingerprint density at radius 1 is 1.11 bits per heavy atom. The fourth-order valence-corrected chi connectivity index (χ4v) is 1.51. The van der Waals surface area contributed by atoms with E-state index in [0.717, 1.165) is 13.0 Å². The zero-order valence-electron chi connectivity index (χ0n) is 9.24. The van der Waals surface area contributed by atoms with E-state index in [0.29, 0.717) is 0 Å². The van der Waals surface area contributed by atoms with Crippen molar-refractivity contribution in [2.45, 2.75) is 26.2 Å². The van der Waals surface area contributed by atoms with Crippen LogP contribution in [0.15, 0.2) is 10.5 Å². The normalized spacial score (nSPS) is 13.2. The zero-order valence-corrected chi connectivity index (χ0v) is 9.24. The van der Waals surface area contributed by atoms with Crippen LogP contribution in [0.5, 0.6) is 0 Å². The van der Waals surface area contributed by atoms with Crippen LogP contribution in [-0.4, -0.2) is 18.1 Å². The van der Waals surface area contributed by atoms with Gasteiger partial charge in [0.05, 0.1) is 5.56 Å². The smallest absolute Gasteiger partial charge is 0.407 e. The number of aryl methyl sites for hydroxylation is 2. The molecule has 1 heterocycles. The van der Waals surface area contributed by atoms with Crippen molar-refractivity contribution in [2.24, 2.45) is 5.92 Å². The largest absolute Gasteiger partial charge is 0.466 e. The van der Waals surface area contributed by atoms with E-state index < -0.39 is 29.6 Å². The molecule has 0 fully saturated rings. The van der Waals surface area contributed by atoms with E-state index in [1.54, 1.807) is 0 Å². The molecular weight excluding hydrogens is 266 g/mol. The van der Waals surface area contributed by atoms with Crippen LogP contribution in [0.25, 0.3) is 0 Å². The molecule has 0 spiro atoms. The summed E-state index contributed by atoms with van der Waals surface area (Å²) in [6, 6.07) is 0.863. The maximum absolute atomic E-state index is 12.3. The Kier molecular flexibility index (Phi) is 3.51. The summed E-state index contributed by atoms with van der Waals surface area (Å²) in [5, 5.41) is 0. The predicted molar refractivity (Wildman–Crippen MR) is 48.1 cm³/mol. The van der Waals surface area contributed by atoms with Crippen LogP contribution in [0.2, 0.25) is 0 Å². The van der Waals surface area contributed by atoms with Gasteiger partial charge in [-0.2, -0.15) is 26.3 Å². The number of carbonyl (C=O) groups excluding carboxylic acids is 1. The van der Waals surface area contributed by atoms with Gasteiger partial charge in [-0.05, 0) is 19.9 Å². The molecule has 0 amide bonds. The second kappa shape index (κ2) is 4.33. The Bertz CT molecular complexity index is 440. The molecule has 0 aliphatic heterocycles. The van der Waals surface area contributed by atoms with Crippen molar-refractivity contribution in [3.05, 3.63) is 23.2 Å². The van der Waals surface area contributed by atoms with Crippen LogP contribution in [-0.2, 0) is 0 Å². The topological polar surface area (TPSA) is 30.2 Å². The molecule has 1 aromatic heterocycles. The van der Waals surface area contributed by atoms with Crippen molar-refractivity contribution < 1.29 is 35.6 Å². The number of furan rings is 1. The van der Waals surface area contributed by atoms with Crippen LogP contribution >= 0.6 is 0 Å². The molecule has 18 heavy (non-hydrogen) atoms. The van der Waals surface area contributed by atoms with Gasteiger partial charge in [-0.25, -0.2) is 0 Å². The maximum atomic E-state index is 12.3. The standard InChI is InChI=1S/C10H8F6O2/c1-4-3-6(5(2)18-4)7(17)8(9(11,12)13)10(14,15)16/h3,8H,1-2H3. The van der Waals surface area contributed by atoms with E-state index in [2.05, 4.69) is 0 Å². The molecule has 102 valence electrons. The lowest BCUT2D eigenvalue weighted by atomic mass is 9.96. The lowest BCUT2D eigenvalue weighted by molar-refractivity contribution is -0.264. The number of carbonyl (C=O) groups is 1. The quantitative estimate of drug-likeness (QED) is 0.606. The molecular formula is C10H8F6O2. The molecule has 1 aromatic rings. The minimum absolute atomic E-state index is 0.0685. The van der Waals surface area contributed by atoms with Crippen LogP contribution in [0.3, 0.4) is 0 Å². The Morgan fingerprint density at radius 3 is 1.83 bits per heavy atom. The van der Waals surface area contributed by atoms with E-state index in [9.17, 15) is 31.1 Å². The van der Waals surface area contributed by atoms with Crippen LogP contribution in [0.1, 0.15) is 21.9 Å². The summed E-state index contributed by atoms with van der Waals surface area (Å²) in [5.74, 6) is -6.28. The van der Waals surface area contributed by atoms with E-state index in [1.807, 2.05) is 0 Å². The second-order valence-electron chi connectivity index (χ2n) is 3.71. The molecule has 2 nitrogen and oxygen atoms in total. The zero-order chi connectivity index (χ0) is 14.3. The van der Waals surface area contributed by atoms with Crippen molar-refractivity contribution in [1.29, 1.82) is 0 Å². The van der Waals surface area contributed by atoms with Gasteiger partial charge in [0.1, 0.15) is 11.5 Å². The summed E-state index contributed by atoms with van der Waals surface area (Å²) in [6.45, 7) is 2.45. The number of alkyl halides is 6. The molecule has 0 aromatic carbocycles. The van der Waals surface area contributed by atoms with E-state index in [4.69, 9.17) is 4.42 Å². The van der Waals surface area contributed by atoms with Gasteiger partial charge in [-0.15, -0.1) is 0 Å². The lowest BCUT2D eigenvalue weighted by Gasteiger charge is -2.21. The third-order valence-electron chi connectivity index (χ3n) is 2.22. The molecule has 1 rings (SSSR count). The van der Waals surface area contributed by atoms with Crippen molar-refractivity contribution >= 4 is 5.78 Å². The molecule has 0 atom stereocenters. The Labute approximate surface area is 97.6 Å². The molecule has 8 heteroatoms. The van der Waals surface area contributed by atoms with Gasteiger partial charge in [-0.1, -0.05) is 0 Å². The van der Waals surface area contributed by atoms with Gasteiger partial charge in [-0.3, -0.25) is 4.79 Å². The first-order valence-corrected chi connectivity index (χ1v) is 4.69. The molecule has 0 unspecified atom stereocenters. The second-order valence-corrected chi connectivity index (χ2v) is 3.71. The first kappa shape index (κ1) is 14.6. The fourth-order valence-electron chi connectivity index (χ4n) is 1.51. The average molecular weight is 274 g/mol. The molecule has 0 radical (unpaired) electrons. The SMILES string of the molecule is Cc1cc(C(=O)C(C(F)(F)F)C(F)(F)F)c(C)o1. The fraction of sp³-hybridized carbons (Fsp3) is 0.500. The maximum Gasteiger partial charge on any atom is 0.407 e. The van der Waals surface area contributed by atoms with Crippen LogP contribution in [0.4, 0.5) is 26.3 Å². The minimum atomic E-state index is -5.69. The molecule has 0 N–H and O–H groups in total. The lowest BCUT2D eigenvalue weighted by Crippen LogP contribution is -2.42. The predicted octanol–water partition coefficient (Wildman–Crippen LogP) is 3.82. The van der Waals surface area contributed by atoms with E-state index in [1.165, 1.54) is 6.92 Å². The van der Waals surface area contributed by atoms with Gasteiger partial charge in [0.15, 0.2) is 5.78 Å². The Hall–Kier alpha value is -1.47. The third-order valence-corrected chi connectivity index (χ3v) is 2.22. The highest BCUT2D eigenvalue weighted by Gasteiger charge is 2.61. The van der Waals surface area contributed by atoms with Crippen molar-refractivity contribution in [3.8, 4) is 0 Å². The van der Waals surface area contributed by atoms with Gasteiger partial charge in [0.2, 0.25) is 5.92 Å². The summed E-state index contributed by atoms with van der Waals surface area (Å²) < 4.78 is 78.7.